The summed E-state index contributed by atoms with van der Waals surface area (Å²) in [4.78, 5) is 7.79. The molecule has 0 spiro atoms. The largest absolute Gasteiger partial charge is 0.383 e. The van der Waals surface area contributed by atoms with E-state index in [1.165, 1.54) is 24.5 Å². The predicted molar refractivity (Wildman–Crippen MR) is 76.1 cm³/mol. The number of hydrogen-bond acceptors (Lipinski definition) is 5. The van der Waals surface area contributed by atoms with E-state index >= 15 is 0 Å². The van der Waals surface area contributed by atoms with Gasteiger partial charge in [-0.2, -0.15) is 0 Å². The van der Waals surface area contributed by atoms with Gasteiger partial charge in [0, 0.05) is 32.6 Å². The first kappa shape index (κ1) is 15.8. The second-order valence-electron chi connectivity index (χ2n) is 4.19. The van der Waals surface area contributed by atoms with Gasteiger partial charge >= 0.3 is 0 Å². The Morgan fingerprint density at radius 3 is 2.48 bits per heavy atom. The summed E-state index contributed by atoms with van der Waals surface area (Å²) in [5.41, 5.74) is 0.541. The Morgan fingerprint density at radius 2 is 1.86 bits per heavy atom. The maximum Gasteiger partial charge on any atom is 0.192 e. The normalized spacial score (nSPS) is 10.8. The van der Waals surface area contributed by atoms with E-state index in [1.807, 2.05) is 0 Å². The number of nitrogens with one attached hydrogen (secondary N) is 1. The van der Waals surface area contributed by atoms with Crippen LogP contribution < -0.4 is 5.32 Å². The van der Waals surface area contributed by atoms with Gasteiger partial charge in [0.25, 0.3) is 0 Å². The van der Waals surface area contributed by atoms with Crippen molar-refractivity contribution in [2.75, 3.05) is 20.3 Å². The minimum absolute atomic E-state index is 0.0955. The van der Waals surface area contributed by atoms with Crippen LogP contribution in [0.4, 0.5) is 8.78 Å². The highest BCUT2D eigenvalue weighted by molar-refractivity contribution is 7.99. The van der Waals surface area contributed by atoms with E-state index in [2.05, 4.69) is 15.3 Å². The van der Waals surface area contributed by atoms with Crippen LogP contribution in [0, 0.1) is 11.6 Å². The summed E-state index contributed by atoms with van der Waals surface area (Å²) < 4.78 is 32.9. The molecule has 0 fully saturated rings. The number of ether oxygens (including phenoxy) is 1. The number of halogens is 2. The molecular weight excluding hydrogens is 296 g/mol. The molecule has 0 radical (unpaired) electrons. The molecule has 112 valence electrons. The lowest BCUT2D eigenvalue weighted by atomic mass is 10.2. The van der Waals surface area contributed by atoms with E-state index in [9.17, 15) is 8.78 Å². The van der Waals surface area contributed by atoms with E-state index in [1.54, 1.807) is 13.2 Å². The smallest absolute Gasteiger partial charge is 0.192 e. The van der Waals surface area contributed by atoms with Crippen molar-refractivity contribution in [3.63, 3.8) is 0 Å². The monoisotopic (exact) mass is 311 g/mol. The van der Waals surface area contributed by atoms with E-state index in [0.29, 0.717) is 30.4 Å². The topological polar surface area (TPSA) is 47.0 Å². The fraction of sp³-hybridized carbons (Fsp3) is 0.286. The Morgan fingerprint density at radius 1 is 1.19 bits per heavy atom. The summed E-state index contributed by atoms with van der Waals surface area (Å²) in [6.07, 6.45) is 3.05. The zero-order valence-corrected chi connectivity index (χ0v) is 12.3. The van der Waals surface area contributed by atoms with Gasteiger partial charge in [-0.1, -0.05) is 0 Å². The lowest BCUT2D eigenvalue weighted by Gasteiger charge is -2.08. The van der Waals surface area contributed by atoms with Crippen molar-refractivity contribution in [1.29, 1.82) is 0 Å². The Hall–Kier alpha value is -1.57. The third-order valence-electron chi connectivity index (χ3n) is 2.61. The quantitative estimate of drug-likeness (QED) is 0.629. The van der Waals surface area contributed by atoms with Gasteiger partial charge < -0.3 is 10.1 Å². The molecule has 2 rings (SSSR count). The Labute approximate surface area is 126 Å². The summed E-state index contributed by atoms with van der Waals surface area (Å²) >= 11 is 0.869. The average molecular weight is 311 g/mol. The van der Waals surface area contributed by atoms with Gasteiger partial charge in [0.1, 0.15) is 11.6 Å². The SMILES string of the molecule is COCCNCc1cc(F)c(Sc2ncccn2)c(F)c1. The van der Waals surface area contributed by atoms with Crippen molar-refractivity contribution in [2.24, 2.45) is 0 Å². The second kappa shape index (κ2) is 8.02. The van der Waals surface area contributed by atoms with Crippen LogP contribution in [0.3, 0.4) is 0 Å². The van der Waals surface area contributed by atoms with Gasteiger partial charge in [0.2, 0.25) is 0 Å². The number of hydrogen-bond donors (Lipinski definition) is 1. The van der Waals surface area contributed by atoms with Crippen LogP contribution >= 0.6 is 11.8 Å². The van der Waals surface area contributed by atoms with Crippen LogP contribution in [0.15, 0.2) is 40.6 Å². The van der Waals surface area contributed by atoms with Crippen LogP contribution in [0.5, 0.6) is 0 Å². The Balaban J connectivity index is 2.06. The van der Waals surface area contributed by atoms with E-state index in [-0.39, 0.29) is 4.90 Å². The highest BCUT2D eigenvalue weighted by Gasteiger charge is 2.14. The molecule has 7 heteroatoms. The first-order chi connectivity index (χ1) is 10.2. The Kier molecular flexibility index (Phi) is 6.04. The molecule has 2 aromatic rings. The number of rotatable bonds is 7. The average Bonchev–Trinajstić information content (AvgIpc) is 2.48. The molecule has 0 aliphatic rings. The number of nitrogens with zero attached hydrogens (tertiary/aromatic N) is 2. The molecule has 1 N–H and O–H groups in total. The zero-order chi connectivity index (χ0) is 15.1. The molecule has 0 saturated heterocycles. The highest BCUT2D eigenvalue weighted by Crippen LogP contribution is 2.30. The van der Waals surface area contributed by atoms with Crippen molar-refractivity contribution in [3.8, 4) is 0 Å². The van der Waals surface area contributed by atoms with Crippen LogP contribution in [0.25, 0.3) is 0 Å². The zero-order valence-electron chi connectivity index (χ0n) is 11.5. The first-order valence-corrected chi connectivity index (χ1v) is 7.15. The second-order valence-corrected chi connectivity index (χ2v) is 5.17. The van der Waals surface area contributed by atoms with Crippen molar-refractivity contribution >= 4 is 11.8 Å². The highest BCUT2D eigenvalue weighted by atomic mass is 32.2. The molecule has 21 heavy (non-hydrogen) atoms. The summed E-state index contributed by atoms with van der Waals surface area (Å²) in [5, 5.41) is 3.34. The molecule has 0 bridgehead atoms. The van der Waals surface area contributed by atoms with E-state index in [0.717, 1.165) is 11.8 Å². The van der Waals surface area contributed by atoms with Crippen LogP contribution in [0.1, 0.15) is 5.56 Å². The van der Waals surface area contributed by atoms with E-state index < -0.39 is 11.6 Å². The van der Waals surface area contributed by atoms with Crippen molar-refractivity contribution in [3.05, 3.63) is 47.8 Å². The molecule has 0 atom stereocenters. The van der Waals surface area contributed by atoms with Crippen LogP contribution in [-0.4, -0.2) is 30.2 Å². The van der Waals surface area contributed by atoms with Gasteiger partial charge in [0.15, 0.2) is 5.16 Å². The maximum absolute atomic E-state index is 14.0. The minimum Gasteiger partial charge on any atom is -0.383 e. The lowest BCUT2D eigenvalue weighted by molar-refractivity contribution is 0.199. The van der Waals surface area contributed by atoms with Gasteiger partial charge in [-0.25, -0.2) is 18.7 Å². The molecule has 1 aromatic heterocycles. The number of aromatic nitrogens is 2. The predicted octanol–water partition coefficient (Wildman–Crippen LogP) is 2.64. The first-order valence-electron chi connectivity index (χ1n) is 6.33. The minimum atomic E-state index is -0.615. The lowest BCUT2D eigenvalue weighted by Crippen LogP contribution is -2.18. The van der Waals surface area contributed by atoms with Crippen LogP contribution in [-0.2, 0) is 11.3 Å². The van der Waals surface area contributed by atoms with Gasteiger partial charge in [0.05, 0.1) is 11.5 Å². The van der Waals surface area contributed by atoms with Crippen LogP contribution in [0.2, 0.25) is 0 Å². The molecule has 1 aromatic carbocycles. The third-order valence-corrected chi connectivity index (χ3v) is 3.59. The third kappa shape index (κ3) is 4.73. The Bertz CT molecular complexity index is 561. The number of benzene rings is 1. The molecule has 0 saturated carbocycles. The van der Waals surface area contributed by atoms with Crippen molar-refractivity contribution in [2.45, 2.75) is 16.6 Å². The number of methoxy groups -OCH3 is 1. The fourth-order valence-electron chi connectivity index (χ4n) is 1.65. The maximum atomic E-state index is 14.0. The molecule has 0 aliphatic heterocycles. The van der Waals surface area contributed by atoms with Crippen molar-refractivity contribution < 1.29 is 13.5 Å². The molecule has 4 nitrogen and oxygen atoms in total. The molecule has 1 heterocycles. The van der Waals surface area contributed by atoms with Gasteiger partial charge in [-0.3, -0.25) is 0 Å². The molecule has 0 unspecified atom stereocenters. The van der Waals surface area contributed by atoms with Gasteiger partial charge in [-0.15, -0.1) is 0 Å². The molecular formula is C14H15F2N3OS. The standard InChI is InChI=1S/C14H15F2N3OS/c1-20-6-5-17-9-10-7-11(15)13(12(16)8-10)21-14-18-3-2-4-19-14/h2-4,7-8,17H,5-6,9H2,1H3. The van der Waals surface area contributed by atoms with Crippen molar-refractivity contribution in [1.82, 2.24) is 15.3 Å². The van der Waals surface area contributed by atoms with Gasteiger partial charge in [-0.05, 0) is 35.5 Å². The molecule has 0 amide bonds. The summed E-state index contributed by atoms with van der Waals surface area (Å²) in [5.74, 6) is -1.23. The molecule has 0 aliphatic carbocycles. The fourth-order valence-corrected chi connectivity index (χ4v) is 2.37. The van der Waals surface area contributed by atoms with E-state index in [4.69, 9.17) is 4.74 Å². The summed E-state index contributed by atoms with van der Waals surface area (Å²) in [7, 11) is 1.60. The summed E-state index contributed by atoms with van der Waals surface area (Å²) in [6.45, 7) is 1.54. The summed E-state index contributed by atoms with van der Waals surface area (Å²) in [6, 6.07) is 4.27.